The van der Waals surface area contributed by atoms with E-state index in [4.69, 9.17) is 4.98 Å². The van der Waals surface area contributed by atoms with Crippen LogP contribution < -0.4 is 10.9 Å². The first-order chi connectivity index (χ1) is 16.1. The summed E-state index contributed by atoms with van der Waals surface area (Å²) in [5.41, 5.74) is 2.42. The second-order valence-electron chi connectivity index (χ2n) is 7.86. The lowest BCUT2D eigenvalue weighted by atomic mass is 10.1. The van der Waals surface area contributed by atoms with Gasteiger partial charge in [0.2, 0.25) is 0 Å². The summed E-state index contributed by atoms with van der Waals surface area (Å²) in [4.78, 5) is 28.9. The lowest BCUT2D eigenvalue weighted by Crippen LogP contribution is -2.38. The number of rotatable bonds is 10. The van der Waals surface area contributed by atoms with E-state index < -0.39 is 0 Å². The van der Waals surface area contributed by atoms with Crippen molar-refractivity contribution in [3.8, 4) is 0 Å². The van der Waals surface area contributed by atoms with Gasteiger partial charge >= 0.3 is 0 Å². The zero-order chi connectivity index (χ0) is 23.2. The molecule has 1 unspecified atom stereocenters. The van der Waals surface area contributed by atoms with Crippen molar-refractivity contribution in [2.45, 2.75) is 32.5 Å². The molecule has 0 aliphatic rings. The predicted molar refractivity (Wildman–Crippen MR) is 131 cm³/mol. The van der Waals surface area contributed by atoms with E-state index in [-0.39, 0.29) is 11.6 Å². The lowest BCUT2D eigenvalue weighted by Gasteiger charge is -2.32. The van der Waals surface area contributed by atoms with Crippen molar-refractivity contribution in [2.24, 2.45) is 0 Å². The Bertz CT molecular complexity index is 1240. The number of nitrogens with zero attached hydrogens (tertiary/aromatic N) is 6. The normalized spacial score (nSPS) is 12.5. The summed E-state index contributed by atoms with van der Waals surface area (Å²) in [7, 11) is 1.94. The summed E-state index contributed by atoms with van der Waals surface area (Å²) in [6.45, 7) is 4.82. The SMILES string of the molecule is CCC(c1nc2[nH]ncc2c(=O)n1Cc1cncnc1)N(CCNC)Cc1ccc(Br)cc1. The standard InChI is InChI=1S/C23H27BrN8O/c1-3-20(31(9-8-25-2)13-16-4-6-18(24)7-5-16)22-29-21-19(12-28-30-21)23(33)32(22)14-17-10-26-15-27-11-17/h4-7,10-12,15,20,25H,3,8-9,13-14H2,1-2H3,(H,28,30). The molecule has 33 heavy (non-hydrogen) atoms. The van der Waals surface area contributed by atoms with Gasteiger partial charge in [0.25, 0.3) is 5.56 Å². The zero-order valence-electron chi connectivity index (χ0n) is 18.7. The Morgan fingerprint density at radius 1 is 1.15 bits per heavy atom. The Morgan fingerprint density at radius 3 is 2.61 bits per heavy atom. The molecule has 2 N–H and O–H groups in total. The van der Waals surface area contributed by atoms with Gasteiger partial charge in [-0.05, 0) is 31.2 Å². The number of halogens is 1. The van der Waals surface area contributed by atoms with Crippen LogP contribution in [0.15, 0.2) is 58.5 Å². The smallest absolute Gasteiger partial charge is 0.265 e. The molecule has 0 saturated carbocycles. The molecule has 0 radical (unpaired) electrons. The minimum absolute atomic E-state index is 0.0768. The highest BCUT2D eigenvalue weighted by Crippen LogP contribution is 2.26. The van der Waals surface area contributed by atoms with Crippen molar-refractivity contribution in [1.29, 1.82) is 0 Å². The van der Waals surface area contributed by atoms with Gasteiger partial charge in [0, 0.05) is 42.1 Å². The number of likely N-dealkylation sites (N-methyl/N-ethyl adjacent to an activating group) is 1. The van der Waals surface area contributed by atoms with Crippen LogP contribution in [0, 0.1) is 0 Å². The van der Waals surface area contributed by atoms with Gasteiger partial charge in [-0.15, -0.1) is 0 Å². The molecule has 1 atom stereocenters. The van der Waals surface area contributed by atoms with Gasteiger partial charge in [0.05, 0.1) is 18.8 Å². The predicted octanol–water partition coefficient (Wildman–Crippen LogP) is 2.89. The molecule has 0 saturated heterocycles. The maximum atomic E-state index is 13.5. The van der Waals surface area contributed by atoms with E-state index in [2.05, 4.69) is 65.4 Å². The molecule has 0 spiro atoms. The highest BCUT2D eigenvalue weighted by Gasteiger charge is 2.25. The number of aromatic nitrogens is 6. The molecule has 0 fully saturated rings. The fourth-order valence-corrected chi connectivity index (χ4v) is 4.24. The van der Waals surface area contributed by atoms with Crippen LogP contribution in [0.5, 0.6) is 0 Å². The van der Waals surface area contributed by atoms with Crippen LogP contribution >= 0.6 is 15.9 Å². The fraction of sp³-hybridized carbons (Fsp3) is 0.348. The first-order valence-electron chi connectivity index (χ1n) is 10.9. The van der Waals surface area contributed by atoms with Crippen molar-refractivity contribution in [3.63, 3.8) is 0 Å². The highest BCUT2D eigenvalue weighted by atomic mass is 79.9. The average molecular weight is 511 g/mol. The van der Waals surface area contributed by atoms with Gasteiger partial charge in [-0.3, -0.25) is 19.4 Å². The third kappa shape index (κ3) is 5.35. The van der Waals surface area contributed by atoms with Crippen molar-refractivity contribution >= 4 is 27.0 Å². The van der Waals surface area contributed by atoms with E-state index in [1.807, 2.05) is 19.2 Å². The molecule has 3 aromatic heterocycles. The van der Waals surface area contributed by atoms with Crippen molar-refractivity contribution < 1.29 is 0 Å². The number of fused-ring (bicyclic) bond motifs is 1. The molecule has 0 aliphatic heterocycles. The molecule has 0 bridgehead atoms. The molecule has 1 aromatic carbocycles. The summed E-state index contributed by atoms with van der Waals surface area (Å²) in [5.74, 6) is 0.705. The van der Waals surface area contributed by atoms with Crippen LogP contribution in [0.4, 0.5) is 0 Å². The van der Waals surface area contributed by atoms with Crippen LogP contribution in [0.25, 0.3) is 11.0 Å². The summed E-state index contributed by atoms with van der Waals surface area (Å²) >= 11 is 3.51. The quantitative estimate of drug-likeness (QED) is 0.338. The Morgan fingerprint density at radius 2 is 1.91 bits per heavy atom. The number of benzene rings is 1. The minimum Gasteiger partial charge on any atom is -0.318 e. The van der Waals surface area contributed by atoms with E-state index >= 15 is 0 Å². The van der Waals surface area contributed by atoms with Crippen molar-refractivity contribution in [1.82, 2.24) is 39.9 Å². The van der Waals surface area contributed by atoms with E-state index in [1.54, 1.807) is 17.0 Å². The maximum absolute atomic E-state index is 13.5. The molecule has 4 rings (SSSR count). The zero-order valence-corrected chi connectivity index (χ0v) is 20.3. The lowest BCUT2D eigenvalue weighted by molar-refractivity contribution is 0.172. The molecule has 9 nitrogen and oxygen atoms in total. The van der Waals surface area contributed by atoms with Crippen LogP contribution in [0.2, 0.25) is 0 Å². The van der Waals surface area contributed by atoms with E-state index in [0.29, 0.717) is 23.4 Å². The molecule has 172 valence electrons. The topological polar surface area (TPSA) is 105 Å². The van der Waals surface area contributed by atoms with E-state index in [0.717, 1.165) is 36.1 Å². The van der Waals surface area contributed by atoms with E-state index in [1.165, 1.54) is 18.1 Å². The van der Waals surface area contributed by atoms with Gasteiger partial charge in [-0.2, -0.15) is 5.10 Å². The second kappa shape index (κ2) is 10.8. The van der Waals surface area contributed by atoms with Crippen LogP contribution in [0.3, 0.4) is 0 Å². The third-order valence-electron chi connectivity index (χ3n) is 5.63. The first kappa shape index (κ1) is 23.2. The fourth-order valence-electron chi connectivity index (χ4n) is 3.98. The van der Waals surface area contributed by atoms with Crippen LogP contribution in [-0.2, 0) is 13.1 Å². The molecule has 0 amide bonds. The Labute approximate surface area is 200 Å². The summed E-state index contributed by atoms with van der Waals surface area (Å²) < 4.78 is 2.78. The monoisotopic (exact) mass is 510 g/mol. The van der Waals surface area contributed by atoms with Crippen LogP contribution in [-0.4, -0.2) is 54.8 Å². The van der Waals surface area contributed by atoms with Gasteiger partial charge in [-0.25, -0.2) is 15.0 Å². The number of nitrogens with one attached hydrogen (secondary N) is 2. The first-order valence-corrected chi connectivity index (χ1v) is 11.7. The number of hydrogen-bond donors (Lipinski definition) is 2. The minimum atomic E-state index is -0.122. The number of aromatic amines is 1. The highest BCUT2D eigenvalue weighted by molar-refractivity contribution is 9.10. The van der Waals surface area contributed by atoms with Crippen LogP contribution in [0.1, 0.15) is 36.3 Å². The maximum Gasteiger partial charge on any atom is 0.265 e. The van der Waals surface area contributed by atoms with Gasteiger partial charge in [0.15, 0.2) is 5.65 Å². The van der Waals surface area contributed by atoms with Crippen molar-refractivity contribution in [3.05, 3.63) is 81.0 Å². The third-order valence-corrected chi connectivity index (χ3v) is 6.15. The van der Waals surface area contributed by atoms with E-state index in [9.17, 15) is 4.79 Å². The second-order valence-corrected chi connectivity index (χ2v) is 8.78. The van der Waals surface area contributed by atoms with Gasteiger partial charge in [-0.1, -0.05) is 35.0 Å². The van der Waals surface area contributed by atoms with Gasteiger partial charge in [0.1, 0.15) is 17.5 Å². The van der Waals surface area contributed by atoms with Crippen molar-refractivity contribution in [2.75, 3.05) is 20.1 Å². The molecular weight excluding hydrogens is 484 g/mol. The Kier molecular flexibility index (Phi) is 7.58. The number of H-pyrrole nitrogens is 1. The summed E-state index contributed by atoms with van der Waals surface area (Å²) in [5, 5.41) is 10.6. The van der Waals surface area contributed by atoms with Gasteiger partial charge < -0.3 is 5.32 Å². The molecule has 3 heterocycles. The molecular formula is C23H27BrN8O. The summed E-state index contributed by atoms with van der Waals surface area (Å²) in [6.07, 6.45) is 7.26. The molecule has 4 aromatic rings. The molecule has 10 heteroatoms. The summed E-state index contributed by atoms with van der Waals surface area (Å²) in [6, 6.07) is 8.25. The largest absolute Gasteiger partial charge is 0.318 e. The Hall–Kier alpha value is -2.95. The average Bonchev–Trinajstić information content (AvgIpc) is 3.31. The Balaban J connectivity index is 1.78. The number of hydrogen-bond acceptors (Lipinski definition) is 7. The molecule has 0 aliphatic carbocycles.